The summed E-state index contributed by atoms with van der Waals surface area (Å²) in [5.74, 6) is -0.260. The van der Waals surface area contributed by atoms with E-state index in [0.29, 0.717) is 6.61 Å². The van der Waals surface area contributed by atoms with Crippen molar-refractivity contribution >= 4 is 11.7 Å². The average Bonchev–Trinajstić information content (AvgIpc) is 2.41. The second-order valence-corrected chi connectivity index (χ2v) is 5.00. The van der Waals surface area contributed by atoms with Crippen LogP contribution in [-0.4, -0.2) is 32.3 Å². The van der Waals surface area contributed by atoms with Crippen LogP contribution in [0.1, 0.15) is 30.5 Å². The van der Waals surface area contributed by atoms with Crippen LogP contribution in [0.5, 0.6) is 0 Å². The molecule has 0 fully saturated rings. The second kappa shape index (κ2) is 7.90. The van der Waals surface area contributed by atoms with Gasteiger partial charge in [-0.05, 0) is 38.3 Å². The summed E-state index contributed by atoms with van der Waals surface area (Å²) in [4.78, 5) is 11.9. The maximum Gasteiger partial charge on any atom is 0.328 e. The maximum absolute atomic E-state index is 11.9. The van der Waals surface area contributed by atoms with Crippen LogP contribution in [0, 0.1) is 13.8 Å². The van der Waals surface area contributed by atoms with Gasteiger partial charge in [0.2, 0.25) is 0 Å². The van der Waals surface area contributed by atoms with Gasteiger partial charge in [-0.1, -0.05) is 24.6 Å². The van der Waals surface area contributed by atoms with Crippen LogP contribution in [0.25, 0.3) is 0 Å². The minimum absolute atomic E-state index is 0.260. The normalized spacial score (nSPS) is 12.1. The molecule has 1 atom stereocenters. The summed E-state index contributed by atoms with van der Waals surface area (Å²) in [6, 6.07) is 3.89. The summed E-state index contributed by atoms with van der Waals surface area (Å²) in [5.41, 5.74) is 4.65. The van der Waals surface area contributed by atoms with E-state index in [0.717, 1.165) is 17.7 Å². The smallest absolute Gasteiger partial charge is 0.328 e. The summed E-state index contributed by atoms with van der Waals surface area (Å²) >= 11 is 0. The number of aryl methyl sites for hydroxylation is 3. The molecular formula is C16H25NO3. The standard InChI is InChI=1S/C16H25NO3/c1-6-14-10-11(2)9-12(3)15(14)17-13(4)16(18)20-8-7-19-5/h9-10,13,17H,6-8H2,1-5H3/t13-/m0/s1. The lowest BCUT2D eigenvalue weighted by molar-refractivity contribution is -0.145. The highest BCUT2D eigenvalue weighted by Crippen LogP contribution is 2.24. The van der Waals surface area contributed by atoms with E-state index in [4.69, 9.17) is 9.47 Å². The van der Waals surface area contributed by atoms with Crippen molar-refractivity contribution in [1.82, 2.24) is 0 Å². The van der Waals surface area contributed by atoms with E-state index < -0.39 is 0 Å². The van der Waals surface area contributed by atoms with Gasteiger partial charge in [0.15, 0.2) is 0 Å². The third kappa shape index (κ3) is 4.53. The predicted octanol–water partition coefficient (Wildman–Crippen LogP) is 2.86. The molecule has 0 bridgehead atoms. The van der Waals surface area contributed by atoms with Gasteiger partial charge in [-0.25, -0.2) is 4.79 Å². The minimum atomic E-state index is -0.376. The van der Waals surface area contributed by atoms with Gasteiger partial charge in [-0.3, -0.25) is 0 Å². The van der Waals surface area contributed by atoms with Crippen LogP contribution in [-0.2, 0) is 20.7 Å². The van der Waals surface area contributed by atoms with Crippen LogP contribution < -0.4 is 5.32 Å². The third-order valence-corrected chi connectivity index (χ3v) is 3.19. The summed E-state index contributed by atoms with van der Waals surface area (Å²) in [5, 5.41) is 3.27. The Kier molecular flexibility index (Phi) is 6.52. The van der Waals surface area contributed by atoms with Gasteiger partial charge < -0.3 is 14.8 Å². The number of hydrogen-bond donors (Lipinski definition) is 1. The van der Waals surface area contributed by atoms with Gasteiger partial charge in [0, 0.05) is 12.8 Å². The molecule has 0 saturated carbocycles. The van der Waals surface area contributed by atoms with Crippen molar-refractivity contribution in [2.75, 3.05) is 25.6 Å². The maximum atomic E-state index is 11.9. The molecular weight excluding hydrogens is 254 g/mol. The van der Waals surface area contributed by atoms with Crippen LogP contribution in [0.2, 0.25) is 0 Å². The van der Waals surface area contributed by atoms with E-state index in [1.54, 1.807) is 7.11 Å². The largest absolute Gasteiger partial charge is 0.462 e. The number of carbonyl (C=O) groups excluding carboxylic acids is 1. The zero-order valence-corrected chi connectivity index (χ0v) is 13.1. The molecule has 1 N–H and O–H groups in total. The zero-order chi connectivity index (χ0) is 15.1. The fourth-order valence-electron chi connectivity index (χ4n) is 2.17. The van der Waals surface area contributed by atoms with Gasteiger partial charge in [-0.15, -0.1) is 0 Å². The molecule has 1 rings (SSSR count). The highest BCUT2D eigenvalue weighted by molar-refractivity contribution is 5.79. The number of anilines is 1. The van der Waals surface area contributed by atoms with Crippen molar-refractivity contribution in [2.45, 2.75) is 40.2 Å². The Morgan fingerprint density at radius 3 is 2.60 bits per heavy atom. The number of esters is 1. The molecule has 1 aromatic carbocycles. The van der Waals surface area contributed by atoms with Gasteiger partial charge in [-0.2, -0.15) is 0 Å². The van der Waals surface area contributed by atoms with Crippen molar-refractivity contribution in [3.05, 3.63) is 28.8 Å². The molecule has 0 radical (unpaired) electrons. The Hall–Kier alpha value is -1.55. The van der Waals surface area contributed by atoms with Crippen molar-refractivity contribution in [3.63, 3.8) is 0 Å². The fourth-order valence-corrected chi connectivity index (χ4v) is 2.17. The number of hydrogen-bond acceptors (Lipinski definition) is 4. The van der Waals surface area contributed by atoms with Gasteiger partial charge in [0.05, 0.1) is 6.61 Å². The number of carbonyl (C=O) groups is 1. The van der Waals surface area contributed by atoms with E-state index in [1.165, 1.54) is 11.1 Å². The van der Waals surface area contributed by atoms with Crippen molar-refractivity contribution in [1.29, 1.82) is 0 Å². The lowest BCUT2D eigenvalue weighted by Gasteiger charge is -2.19. The highest BCUT2D eigenvalue weighted by Gasteiger charge is 2.16. The Morgan fingerprint density at radius 2 is 2.00 bits per heavy atom. The summed E-state index contributed by atoms with van der Waals surface area (Å²) < 4.78 is 9.99. The van der Waals surface area contributed by atoms with E-state index in [9.17, 15) is 4.79 Å². The molecule has 112 valence electrons. The molecule has 0 aromatic heterocycles. The first-order valence-electron chi connectivity index (χ1n) is 7.01. The van der Waals surface area contributed by atoms with Crippen LogP contribution in [0.4, 0.5) is 5.69 Å². The average molecular weight is 279 g/mol. The van der Waals surface area contributed by atoms with Gasteiger partial charge in [0.1, 0.15) is 12.6 Å². The Bertz CT molecular complexity index is 457. The fraction of sp³-hybridized carbons (Fsp3) is 0.562. The number of methoxy groups -OCH3 is 1. The SMILES string of the molecule is CCc1cc(C)cc(C)c1N[C@@H](C)C(=O)OCCOC. The number of ether oxygens (including phenoxy) is 2. The first-order chi connectivity index (χ1) is 9.49. The van der Waals surface area contributed by atoms with Crippen LogP contribution in [0.3, 0.4) is 0 Å². The first-order valence-corrected chi connectivity index (χ1v) is 7.01. The Labute approximate surface area is 121 Å². The zero-order valence-electron chi connectivity index (χ0n) is 13.1. The lowest BCUT2D eigenvalue weighted by Crippen LogP contribution is -2.29. The molecule has 4 nitrogen and oxygen atoms in total. The Morgan fingerprint density at radius 1 is 1.30 bits per heavy atom. The monoisotopic (exact) mass is 279 g/mol. The molecule has 0 heterocycles. The number of benzene rings is 1. The molecule has 20 heavy (non-hydrogen) atoms. The number of rotatable bonds is 7. The molecule has 1 aromatic rings. The Balaban J connectivity index is 2.74. The molecule has 0 saturated heterocycles. The van der Waals surface area contributed by atoms with Crippen molar-refractivity contribution in [3.8, 4) is 0 Å². The van der Waals surface area contributed by atoms with Crippen molar-refractivity contribution < 1.29 is 14.3 Å². The molecule has 4 heteroatoms. The quantitative estimate of drug-likeness (QED) is 0.616. The van der Waals surface area contributed by atoms with Crippen LogP contribution >= 0.6 is 0 Å². The van der Waals surface area contributed by atoms with E-state index in [1.807, 2.05) is 6.92 Å². The first kappa shape index (κ1) is 16.5. The molecule has 0 aliphatic carbocycles. The van der Waals surface area contributed by atoms with Crippen molar-refractivity contribution in [2.24, 2.45) is 0 Å². The van der Waals surface area contributed by atoms with E-state index in [2.05, 4.69) is 38.2 Å². The minimum Gasteiger partial charge on any atom is -0.462 e. The highest BCUT2D eigenvalue weighted by atomic mass is 16.6. The second-order valence-electron chi connectivity index (χ2n) is 5.00. The predicted molar refractivity (Wildman–Crippen MR) is 81.2 cm³/mol. The molecule has 0 aliphatic heterocycles. The topological polar surface area (TPSA) is 47.6 Å². The van der Waals surface area contributed by atoms with E-state index >= 15 is 0 Å². The lowest BCUT2D eigenvalue weighted by atomic mass is 10.0. The summed E-state index contributed by atoms with van der Waals surface area (Å²) in [6.07, 6.45) is 0.927. The van der Waals surface area contributed by atoms with E-state index in [-0.39, 0.29) is 18.6 Å². The molecule has 0 spiro atoms. The third-order valence-electron chi connectivity index (χ3n) is 3.19. The molecule has 0 aliphatic rings. The number of nitrogens with one attached hydrogen (secondary N) is 1. The molecule has 0 unspecified atom stereocenters. The molecule has 0 amide bonds. The van der Waals surface area contributed by atoms with Gasteiger partial charge in [0.25, 0.3) is 0 Å². The summed E-state index contributed by atoms with van der Waals surface area (Å²) in [6.45, 7) is 8.77. The van der Waals surface area contributed by atoms with Crippen LogP contribution in [0.15, 0.2) is 12.1 Å². The van der Waals surface area contributed by atoms with Gasteiger partial charge >= 0.3 is 5.97 Å². The summed E-state index contributed by atoms with van der Waals surface area (Å²) in [7, 11) is 1.58.